The number of hydrogen-bond acceptors (Lipinski definition) is 3. The summed E-state index contributed by atoms with van der Waals surface area (Å²) in [6, 6.07) is 12.3. The molecule has 3 heteroatoms. The van der Waals surface area contributed by atoms with Crippen molar-refractivity contribution < 1.29 is 4.79 Å². The van der Waals surface area contributed by atoms with Gasteiger partial charge in [0.2, 0.25) is 0 Å². The monoisotopic (exact) mass is 388 g/mol. The van der Waals surface area contributed by atoms with E-state index in [2.05, 4.69) is 69.7 Å². The van der Waals surface area contributed by atoms with Gasteiger partial charge in [-0.15, -0.1) is 0 Å². The first kappa shape index (κ1) is 21.0. The summed E-state index contributed by atoms with van der Waals surface area (Å²) in [6.45, 7) is 15.4. The summed E-state index contributed by atoms with van der Waals surface area (Å²) >= 11 is 0. The minimum atomic E-state index is -0.0478. The molecular formula is C26H32N2O. The lowest BCUT2D eigenvalue weighted by Gasteiger charge is -2.30. The van der Waals surface area contributed by atoms with Crippen molar-refractivity contribution in [3.8, 4) is 0 Å². The number of nitrogens with one attached hydrogen (secondary N) is 1. The Hall–Kier alpha value is -2.68. The third-order valence-corrected chi connectivity index (χ3v) is 5.12. The van der Waals surface area contributed by atoms with Gasteiger partial charge < -0.3 is 5.32 Å². The van der Waals surface area contributed by atoms with Crippen LogP contribution in [0.25, 0.3) is 5.57 Å². The predicted octanol–water partition coefficient (Wildman–Crippen LogP) is 6.42. The standard InChI is InChI=1S/C26H32N2O/c1-18(19-10-8-7-9-11-19)23-20(15-25(2,3)4)12-13-27-24(23)28-21-14-22(29)17-26(5,6)16-21/h7-14H,1,15-17H2,2-6H3,(H,27,28). The SMILES string of the molecule is C=C(c1ccccc1)c1c(CC(C)(C)C)ccnc1NC1=CC(=O)CC(C)(C)C1. The number of nitrogens with zero attached hydrogens (tertiary/aromatic N) is 1. The Labute approximate surface area is 175 Å². The Kier molecular flexibility index (Phi) is 5.79. The van der Waals surface area contributed by atoms with Crippen LogP contribution in [0.15, 0.2) is 60.9 Å². The molecule has 2 aromatic rings. The smallest absolute Gasteiger partial charge is 0.157 e. The number of hydrogen-bond donors (Lipinski definition) is 1. The van der Waals surface area contributed by atoms with Gasteiger partial charge in [0.15, 0.2) is 5.78 Å². The molecule has 0 saturated heterocycles. The van der Waals surface area contributed by atoms with Crippen LogP contribution in [0.1, 0.15) is 64.2 Å². The van der Waals surface area contributed by atoms with Crippen molar-refractivity contribution in [2.24, 2.45) is 10.8 Å². The molecule has 152 valence electrons. The number of anilines is 1. The fraction of sp³-hybridized carbons (Fsp3) is 0.385. The quantitative estimate of drug-likeness (QED) is 0.643. The van der Waals surface area contributed by atoms with Gasteiger partial charge in [0.05, 0.1) is 0 Å². The van der Waals surface area contributed by atoms with Gasteiger partial charge in [0.25, 0.3) is 0 Å². The molecule has 1 aromatic carbocycles. The van der Waals surface area contributed by atoms with E-state index in [4.69, 9.17) is 0 Å². The molecule has 3 rings (SSSR count). The molecule has 0 radical (unpaired) electrons. The Balaban J connectivity index is 2.06. The maximum absolute atomic E-state index is 12.2. The van der Waals surface area contributed by atoms with Crippen molar-refractivity contribution in [1.82, 2.24) is 4.98 Å². The van der Waals surface area contributed by atoms with E-state index in [0.717, 1.165) is 41.1 Å². The van der Waals surface area contributed by atoms with Gasteiger partial charge in [-0.1, -0.05) is 71.5 Å². The summed E-state index contributed by atoms with van der Waals surface area (Å²) in [7, 11) is 0. The summed E-state index contributed by atoms with van der Waals surface area (Å²) in [5.41, 5.74) is 5.28. The van der Waals surface area contributed by atoms with Crippen molar-refractivity contribution in [3.05, 3.63) is 77.6 Å². The second kappa shape index (κ2) is 7.98. The van der Waals surface area contributed by atoms with E-state index in [-0.39, 0.29) is 16.6 Å². The van der Waals surface area contributed by atoms with Crippen LogP contribution in [0.2, 0.25) is 0 Å². The van der Waals surface area contributed by atoms with Crippen LogP contribution in [0.3, 0.4) is 0 Å². The Bertz CT molecular complexity index is 946. The third-order valence-electron chi connectivity index (χ3n) is 5.12. The van der Waals surface area contributed by atoms with Gasteiger partial charge in [-0.05, 0) is 46.4 Å². The highest BCUT2D eigenvalue weighted by atomic mass is 16.1. The predicted molar refractivity (Wildman–Crippen MR) is 122 cm³/mol. The molecule has 0 aliphatic heterocycles. The minimum Gasteiger partial charge on any atom is -0.343 e. The van der Waals surface area contributed by atoms with Crippen LogP contribution in [-0.4, -0.2) is 10.8 Å². The van der Waals surface area contributed by atoms with E-state index >= 15 is 0 Å². The molecule has 0 fully saturated rings. The van der Waals surface area contributed by atoms with Crippen molar-refractivity contribution >= 4 is 17.2 Å². The first-order valence-electron chi connectivity index (χ1n) is 10.3. The summed E-state index contributed by atoms with van der Waals surface area (Å²) in [6.07, 6.45) is 5.90. The van der Waals surface area contributed by atoms with Crippen molar-refractivity contribution in [3.63, 3.8) is 0 Å². The van der Waals surface area contributed by atoms with E-state index < -0.39 is 0 Å². The number of ketones is 1. The minimum absolute atomic E-state index is 0.0478. The van der Waals surface area contributed by atoms with Gasteiger partial charge in [-0.25, -0.2) is 4.98 Å². The molecule has 29 heavy (non-hydrogen) atoms. The topological polar surface area (TPSA) is 42.0 Å². The van der Waals surface area contributed by atoms with Crippen LogP contribution in [0.5, 0.6) is 0 Å². The number of pyridine rings is 1. The molecule has 1 N–H and O–H groups in total. The van der Waals surface area contributed by atoms with Crippen LogP contribution in [0.4, 0.5) is 5.82 Å². The second-order valence-electron chi connectivity index (χ2n) is 10.1. The molecule has 0 amide bonds. The largest absolute Gasteiger partial charge is 0.343 e. The average Bonchev–Trinajstić information content (AvgIpc) is 2.59. The van der Waals surface area contributed by atoms with E-state index in [9.17, 15) is 4.79 Å². The molecule has 0 unspecified atom stereocenters. The van der Waals surface area contributed by atoms with Crippen molar-refractivity contribution in [1.29, 1.82) is 0 Å². The number of rotatable bonds is 5. The Morgan fingerprint density at radius 2 is 1.83 bits per heavy atom. The highest BCUT2D eigenvalue weighted by Gasteiger charge is 2.28. The van der Waals surface area contributed by atoms with Gasteiger partial charge in [-0.3, -0.25) is 4.79 Å². The maximum Gasteiger partial charge on any atom is 0.157 e. The normalized spacial score (nSPS) is 16.3. The number of carbonyl (C=O) groups excluding carboxylic acids is 1. The molecule has 0 bridgehead atoms. The summed E-state index contributed by atoms with van der Waals surface area (Å²) in [5, 5.41) is 3.48. The fourth-order valence-electron chi connectivity index (χ4n) is 4.01. The lowest BCUT2D eigenvalue weighted by atomic mass is 9.79. The third kappa shape index (κ3) is 5.44. The van der Waals surface area contributed by atoms with Crippen molar-refractivity contribution in [2.45, 2.75) is 53.9 Å². The summed E-state index contributed by atoms with van der Waals surface area (Å²) in [5.74, 6) is 0.940. The van der Waals surface area contributed by atoms with Crippen LogP contribution in [0, 0.1) is 10.8 Å². The average molecular weight is 389 g/mol. The first-order chi connectivity index (χ1) is 13.5. The zero-order chi connectivity index (χ0) is 21.2. The highest BCUT2D eigenvalue weighted by molar-refractivity contribution is 5.93. The lowest BCUT2D eigenvalue weighted by Crippen LogP contribution is -2.25. The fourth-order valence-corrected chi connectivity index (χ4v) is 4.01. The molecule has 0 saturated carbocycles. The summed E-state index contributed by atoms with van der Waals surface area (Å²) in [4.78, 5) is 16.9. The zero-order valence-electron chi connectivity index (χ0n) is 18.3. The van der Waals surface area contributed by atoms with Crippen LogP contribution in [-0.2, 0) is 11.2 Å². The van der Waals surface area contributed by atoms with E-state index in [1.54, 1.807) is 6.08 Å². The number of carbonyl (C=O) groups is 1. The molecular weight excluding hydrogens is 356 g/mol. The molecule has 1 aliphatic rings. The maximum atomic E-state index is 12.2. The lowest BCUT2D eigenvalue weighted by molar-refractivity contribution is -0.117. The number of benzene rings is 1. The van der Waals surface area contributed by atoms with Gasteiger partial charge in [-0.2, -0.15) is 0 Å². The van der Waals surface area contributed by atoms with Crippen molar-refractivity contribution in [2.75, 3.05) is 5.32 Å². The van der Waals surface area contributed by atoms with Gasteiger partial charge in [0, 0.05) is 30.0 Å². The number of aromatic nitrogens is 1. The molecule has 1 heterocycles. The summed E-state index contributed by atoms with van der Waals surface area (Å²) < 4.78 is 0. The molecule has 3 nitrogen and oxygen atoms in total. The van der Waals surface area contributed by atoms with E-state index in [1.165, 1.54) is 5.56 Å². The molecule has 0 atom stereocenters. The van der Waals surface area contributed by atoms with E-state index in [1.807, 2.05) is 24.4 Å². The van der Waals surface area contributed by atoms with E-state index in [0.29, 0.717) is 6.42 Å². The highest BCUT2D eigenvalue weighted by Crippen LogP contribution is 2.37. The second-order valence-corrected chi connectivity index (χ2v) is 10.1. The van der Waals surface area contributed by atoms with Gasteiger partial charge >= 0.3 is 0 Å². The van der Waals surface area contributed by atoms with Crippen LogP contribution >= 0.6 is 0 Å². The molecule has 1 aliphatic carbocycles. The Morgan fingerprint density at radius 1 is 1.14 bits per heavy atom. The molecule has 0 spiro atoms. The van der Waals surface area contributed by atoms with Gasteiger partial charge in [0.1, 0.15) is 5.82 Å². The first-order valence-corrected chi connectivity index (χ1v) is 10.3. The van der Waals surface area contributed by atoms with Crippen LogP contribution < -0.4 is 5.32 Å². The Morgan fingerprint density at radius 3 is 2.45 bits per heavy atom. The zero-order valence-corrected chi connectivity index (χ0v) is 18.3. The number of allylic oxidation sites excluding steroid dienone is 2. The molecule has 1 aromatic heterocycles.